The van der Waals surface area contributed by atoms with E-state index in [9.17, 15) is 13.2 Å². The second-order valence-corrected chi connectivity index (χ2v) is 9.56. The highest BCUT2D eigenvalue weighted by Crippen LogP contribution is 2.26. The van der Waals surface area contributed by atoms with Gasteiger partial charge in [0.05, 0.1) is 10.6 Å². The van der Waals surface area contributed by atoms with E-state index < -0.39 is 9.84 Å². The number of sulfone groups is 1. The Morgan fingerprint density at radius 1 is 1.27 bits per heavy atom. The van der Waals surface area contributed by atoms with Crippen LogP contribution >= 0.6 is 12.4 Å². The molecule has 5 nitrogen and oxygen atoms in total. The summed E-state index contributed by atoms with van der Waals surface area (Å²) >= 11 is 0. The molecule has 1 saturated heterocycles. The van der Waals surface area contributed by atoms with Gasteiger partial charge in [-0.05, 0) is 68.2 Å². The number of likely N-dealkylation sites (tertiary alicyclic amines) is 1. The van der Waals surface area contributed by atoms with Crippen LogP contribution in [-0.4, -0.2) is 44.1 Å². The third kappa shape index (κ3) is 4.78. The molecule has 0 aromatic heterocycles. The number of rotatable bonds is 5. The predicted octanol–water partition coefficient (Wildman–Crippen LogP) is 2.35. The summed E-state index contributed by atoms with van der Waals surface area (Å²) in [6.07, 6.45) is 5.09. The van der Waals surface area contributed by atoms with Crippen molar-refractivity contribution >= 4 is 28.2 Å². The molecule has 3 rings (SSSR count). The Morgan fingerprint density at radius 2 is 2.00 bits per heavy atom. The summed E-state index contributed by atoms with van der Waals surface area (Å²) in [6, 6.07) is 5.48. The first-order valence-corrected chi connectivity index (χ1v) is 10.9. The van der Waals surface area contributed by atoms with E-state index in [0.717, 1.165) is 37.7 Å². The maximum Gasteiger partial charge on any atom is 0.223 e. The number of amides is 1. The number of fused-ring (bicyclic) bond motifs is 1. The van der Waals surface area contributed by atoms with Gasteiger partial charge in [0.1, 0.15) is 0 Å². The average Bonchev–Trinajstić information content (AvgIpc) is 3.07. The maximum absolute atomic E-state index is 12.6. The van der Waals surface area contributed by atoms with Gasteiger partial charge in [-0.15, -0.1) is 12.4 Å². The third-order valence-corrected chi connectivity index (χ3v) is 7.28. The minimum Gasteiger partial charge on any atom is -0.342 e. The van der Waals surface area contributed by atoms with E-state index in [2.05, 4.69) is 0 Å². The number of nitrogens with two attached hydrogens (primary N) is 1. The van der Waals surface area contributed by atoms with Crippen LogP contribution in [-0.2, 0) is 27.5 Å². The second kappa shape index (κ2) is 8.72. The van der Waals surface area contributed by atoms with E-state index in [4.69, 9.17) is 5.73 Å². The molecule has 2 N–H and O–H groups in total. The maximum atomic E-state index is 12.6. The minimum absolute atomic E-state index is 0. The first kappa shape index (κ1) is 21.2. The average molecular weight is 401 g/mol. The molecular weight excluding hydrogens is 372 g/mol. The quantitative estimate of drug-likeness (QED) is 0.822. The van der Waals surface area contributed by atoms with E-state index >= 15 is 0 Å². The predicted molar refractivity (Wildman–Crippen MR) is 105 cm³/mol. The van der Waals surface area contributed by atoms with Gasteiger partial charge in [0.25, 0.3) is 0 Å². The fraction of sp³-hybridized carbons (Fsp3) is 0.632. The molecule has 1 aliphatic carbocycles. The molecule has 2 unspecified atom stereocenters. The van der Waals surface area contributed by atoms with Gasteiger partial charge in [-0.1, -0.05) is 6.07 Å². The standard InChI is InChI=1S/C19H28N2O3S.ClH/c1-14(20)17-6-3-10-21(13-17)19(22)9-11-25(23,24)18-8-7-15-4-2-5-16(15)12-18;/h7-8,12,14,17H,2-6,9-11,13,20H2,1H3;1H. The van der Waals surface area contributed by atoms with E-state index in [1.54, 1.807) is 17.0 Å². The van der Waals surface area contributed by atoms with Crippen molar-refractivity contribution in [1.82, 2.24) is 4.90 Å². The molecule has 2 aliphatic rings. The lowest BCUT2D eigenvalue weighted by atomic mass is 9.92. The summed E-state index contributed by atoms with van der Waals surface area (Å²) in [6.45, 7) is 3.33. The van der Waals surface area contributed by atoms with Crippen LogP contribution in [0.15, 0.2) is 23.1 Å². The lowest BCUT2D eigenvalue weighted by molar-refractivity contribution is -0.132. The van der Waals surface area contributed by atoms with Gasteiger partial charge in [-0.3, -0.25) is 4.79 Å². The summed E-state index contributed by atoms with van der Waals surface area (Å²) in [7, 11) is -3.42. The van der Waals surface area contributed by atoms with Gasteiger partial charge in [0.15, 0.2) is 9.84 Å². The van der Waals surface area contributed by atoms with Crippen LogP contribution in [0, 0.1) is 5.92 Å². The smallest absolute Gasteiger partial charge is 0.223 e. The lowest BCUT2D eigenvalue weighted by Crippen LogP contribution is -2.45. The van der Waals surface area contributed by atoms with Gasteiger partial charge >= 0.3 is 0 Å². The number of piperidine rings is 1. The van der Waals surface area contributed by atoms with Crippen LogP contribution in [0.4, 0.5) is 0 Å². The van der Waals surface area contributed by atoms with Crippen molar-refractivity contribution in [3.05, 3.63) is 29.3 Å². The fourth-order valence-electron chi connectivity index (χ4n) is 3.90. The first-order chi connectivity index (χ1) is 11.9. The Bertz CT molecular complexity index is 749. The number of benzene rings is 1. The van der Waals surface area contributed by atoms with Gasteiger partial charge in [-0.25, -0.2) is 8.42 Å². The van der Waals surface area contributed by atoms with Gasteiger partial charge in [0, 0.05) is 25.6 Å². The number of hydrogen-bond donors (Lipinski definition) is 1. The van der Waals surface area contributed by atoms with Crippen molar-refractivity contribution in [2.75, 3.05) is 18.8 Å². The molecule has 1 aliphatic heterocycles. The molecule has 146 valence electrons. The molecule has 1 amide bonds. The van der Waals surface area contributed by atoms with Crippen LogP contribution in [0.25, 0.3) is 0 Å². The van der Waals surface area contributed by atoms with Crippen molar-refractivity contribution in [2.45, 2.75) is 56.4 Å². The zero-order valence-corrected chi connectivity index (χ0v) is 16.9. The van der Waals surface area contributed by atoms with E-state index in [1.807, 2.05) is 13.0 Å². The van der Waals surface area contributed by atoms with E-state index in [0.29, 0.717) is 23.9 Å². The van der Waals surface area contributed by atoms with Crippen molar-refractivity contribution < 1.29 is 13.2 Å². The lowest BCUT2D eigenvalue weighted by Gasteiger charge is -2.34. The topological polar surface area (TPSA) is 80.5 Å². The molecule has 1 aromatic carbocycles. The zero-order valence-electron chi connectivity index (χ0n) is 15.3. The molecule has 2 atom stereocenters. The van der Waals surface area contributed by atoms with Crippen LogP contribution in [0.5, 0.6) is 0 Å². The monoisotopic (exact) mass is 400 g/mol. The second-order valence-electron chi connectivity index (χ2n) is 7.45. The zero-order chi connectivity index (χ0) is 18.0. The largest absolute Gasteiger partial charge is 0.342 e. The molecule has 1 aromatic rings. The SMILES string of the molecule is CC(N)C1CCCN(C(=O)CCS(=O)(=O)c2ccc3c(c2)CCC3)C1.Cl. The van der Waals surface area contributed by atoms with Crippen molar-refractivity contribution in [3.8, 4) is 0 Å². The normalized spacial score (nSPS) is 21.0. The summed E-state index contributed by atoms with van der Waals surface area (Å²) in [5.74, 6) is 0.116. The number of nitrogens with zero attached hydrogens (tertiary/aromatic N) is 1. The Morgan fingerprint density at radius 3 is 2.73 bits per heavy atom. The van der Waals surface area contributed by atoms with Crippen LogP contribution in [0.2, 0.25) is 0 Å². The van der Waals surface area contributed by atoms with Crippen molar-refractivity contribution in [1.29, 1.82) is 0 Å². The highest BCUT2D eigenvalue weighted by Gasteiger charge is 2.27. The molecular formula is C19H29ClN2O3S. The highest BCUT2D eigenvalue weighted by atomic mass is 35.5. The molecule has 1 heterocycles. The number of aryl methyl sites for hydroxylation is 2. The van der Waals surface area contributed by atoms with E-state index in [-0.39, 0.29) is 36.5 Å². The summed E-state index contributed by atoms with van der Waals surface area (Å²) in [4.78, 5) is 14.6. The van der Waals surface area contributed by atoms with Crippen molar-refractivity contribution in [2.24, 2.45) is 11.7 Å². The number of hydrogen-bond acceptors (Lipinski definition) is 4. The Hall–Kier alpha value is -1.11. The number of halogens is 1. The number of carbonyl (C=O) groups is 1. The molecule has 0 spiro atoms. The molecule has 1 fully saturated rings. The molecule has 0 bridgehead atoms. The number of carbonyl (C=O) groups excluding carboxylic acids is 1. The fourth-order valence-corrected chi connectivity index (χ4v) is 5.18. The van der Waals surface area contributed by atoms with Gasteiger partial charge in [-0.2, -0.15) is 0 Å². The Balaban J connectivity index is 0.00000243. The molecule has 0 radical (unpaired) electrons. The van der Waals surface area contributed by atoms with E-state index in [1.165, 1.54) is 5.56 Å². The van der Waals surface area contributed by atoms with Gasteiger partial charge < -0.3 is 10.6 Å². The minimum atomic E-state index is -3.42. The molecule has 0 saturated carbocycles. The van der Waals surface area contributed by atoms with Crippen LogP contribution < -0.4 is 5.73 Å². The summed E-state index contributed by atoms with van der Waals surface area (Å²) in [5, 5.41) is 0. The van der Waals surface area contributed by atoms with Crippen LogP contribution in [0.3, 0.4) is 0 Å². The Labute approximate surface area is 162 Å². The Kier molecular flexibility index (Phi) is 7.11. The first-order valence-electron chi connectivity index (χ1n) is 9.25. The molecule has 26 heavy (non-hydrogen) atoms. The highest BCUT2D eigenvalue weighted by molar-refractivity contribution is 7.91. The third-order valence-electron chi connectivity index (χ3n) is 5.57. The van der Waals surface area contributed by atoms with Crippen LogP contribution in [0.1, 0.15) is 43.7 Å². The molecule has 7 heteroatoms. The van der Waals surface area contributed by atoms with Gasteiger partial charge in [0.2, 0.25) is 5.91 Å². The van der Waals surface area contributed by atoms with Crippen molar-refractivity contribution in [3.63, 3.8) is 0 Å². The summed E-state index contributed by atoms with van der Waals surface area (Å²) < 4.78 is 25.2. The summed E-state index contributed by atoms with van der Waals surface area (Å²) in [5.41, 5.74) is 8.36.